The third-order valence-electron chi connectivity index (χ3n) is 8.73. The number of hydrogen-bond acceptors (Lipinski definition) is 5. The summed E-state index contributed by atoms with van der Waals surface area (Å²) in [5.41, 5.74) is 0.656. The topological polar surface area (TPSA) is 102 Å². The van der Waals surface area contributed by atoms with Gasteiger partial charge in [-0.25, -0.2) is 9.78 Å². The predicted octanol–water partition coefficient (Wildman–Crippen LogP) is 3.02. The quantitative estimate of drug-likeness (QED) is 0.619. The van der Waals surface area contributed by atoms with Crippen LogP contribution in [0.5, 0.6) is 0 Å². The zero-order valence-electron chi connectivity index (χ0n) is 21.2. The zero-order valence-corrected chi connectivity index (χ0v) is 21.2. The molecule has 0 radical (unpaired) electrons. The molecule has 36 heavy (non-hydrogen) atoms. The van der Waals surface area contributed by atoms with Crippen LogP contribution in [0.15, 0.2) is 47.7 Å². The monoisotopic (exact) mass is 492 g/mol. The fourth-order valence-corrected chi connectivity index (χ4v) is 6.31. The Labute approximate surface area is 211 Å². The van der Waals surface area contributed by atoms with E-state index >= 15 is 0 Å². The predicted molar refractivity (Wildman–Crippen MR) is 138 cm³/mol. The first-order valence-corrected chi connectivity index (χ1v) is 13.0. The van der Waals surface area contributed by atoms with Crippen molar-refractivity contribution in [2.75, 3.05) is 39.0 Å². The first-order valence-electron chi connectivity index (χ1n) is 13.0. The molecule has 0 atom stereocenters. The molecule has 3 aliphatic rings. The lowest BCUT2D eigenvalue weighted by molar-refractivity contribution is -0.116. The van der Waals surface area contributed by atoms with Crippen molar-refractivity contribution in [2.45, 2.75) is 56.0 Å². The molecular weight excluding hydrogens is 456 g/mol. The first kappa shape index (κ1) is 24.5. The van der Waals surface area contributed by atoms with Gasteiger partial charge in [0.05, 0.1) is 18.1 Å². The Morgan fingerprint density at radius 1 is 1.14 bits per heavy atom. The third kappa shape index (κ3) is 4.40. The number of urea groups is 1. The molecule has 0 bridgehead atoms. The number of carbonyl (C=O) groups excluding carboxylic acids is 2. The third-order valence-corrected chi connectivity index (χ3v) is 8.73. The number of aromatic nitrogens is 2. The highest BCUT2D eigenvalue weighted by Gasteiger charge is 2.55. The van der Waals surface area contributed by atoms with Crippen molar-refractivity contribution < 1.29 is 9.59 Å². The molecule has 1 aromatic heterocycles. The Bertz CT molecular complexity index is 1150. The lowest BCUT2D eigenvalue weighted by Crippen LogP contribution is -2.56. The second kappa shape index (κ2) is 9.69. The molecule has 1 saturated heterocycles. The summed E-state index contributed by atoms with van der Waals surface area (Å²) in [4.78, 5) is 50.8. The molecule has 5 rings (SSSR count). The lowest BCUT2D eigenvalue weighted by Gasteiger charge is -2.51. The van der Waals surface area contributed by atoms with Crippen LogP contribution < -0.4 is 10.9 Å². The van der Waals surface area contributed by atoms with Gasteiger partial charge in [0.2, 0.25) is 5.91 Å². The van der Waals surface area contributed by atoms with E-state index in [0.29, 0.717) is 12.5 Å². The molecule has 3 fully saturated rings. The van der Waals surface area contributed by atoms with Crippen LogP contribution in [0.3, 0.4) is 0 Å². The van der Waals surface area contributed by atoms with E-state index in [-0.39, 0.29) is 35.2 Å². The Morgan fingerprint density at radius 2 is 1.86 bits per heavy atom. The SMILES string of the molecule is CN(C)C1(c2ccccc2)CCC2(CC1)CN(CC(=O)Nc1cnc[nH]c1=O)C(=O)N2CC1CCC1. The van der Waals surface area contributed by atoms with Gasteiger partial charge in [-0.3, -0.25) is 14.5 Å². The van der Waals surface area contributed by atoms with E-state index in [2.05, 4.69) is 69.5 Å². The van der Waals surface area contributed by atoms with Gasteiger partial charge in [-0.05, 0) is 64.1 Å². The van der Waals surface area contributed by atoms with E-state index in [9.17, 15) is 14.4 Å². The maximum Gasteiger partial charge on any atom is 0.321 e. The summed E-state index contributed by atoms with van der Waals surface area (Å²) in [6, 6.07) is 10.6. The maximum absolute atomic E-state index is 13.7. The highest BCUT2D eigenvalue weighted by atomic mass is 16.2. The molecule has 192 valence electrons. The van der Waals surface area contributed by atoms with E-state index in [1.807, 2.05) is 0 Å². The highest BCUT2D eigenvalue weighted by Crippen LogP contribution is 2.49. The van der Waals surface area contributed by atoms with E-state index in [1.165, 1.54) is 24.5 Å². The summed E-state index contributed by atoms with van der Waals surface area (Å²) >= 11 is 0. The maximum atomic E-state index is 13.7. The molecule has 2 saturated carbocycles. The number of amides is 3. The Balaban J connectivity index is 1.35. The number of carbonyl (C=O) groups is 2. The average Bonchev–Trinajstić information content (AvgIpc) is 3.08. The van der Waals surface area contributed by atoms with Crippen molar-refractivity contribution >= 4 is 17.6 Å². The number of aromatic amines is 1. The van der Waals surface area contributed by atoms with Gasteiger partial charge in [-0.1, -0.05) is 36.8 Å². The zero-order chi connectivity index (χ0) is 25.3. The van der Waals surface area contributed by atoms with Gasteiger partial charge >= 0.3 is 6.03 Å². The van der Waals surface area contributed by atoms with Gasteiger partial charge in [-0.2, -0.15) is 0 Å². The number of H-pyrrole nitrogens is 1. The van der Waals surface area contributed by atoms with Crippen LogP contribution in [0.1, 0.15) is 50.5 Å². The summed E-state index contributed by atoms with van der Waals surface area (Å²) in [7, 11) is 4.29. The van der Waals surface area contributed by atoms with Gasteiger partial charge in [0, 0.05) is 18.6 Å². The van der Waals surface area contributed by atoms with Crippen molar-refractivity contribution in [3.63, 3.8) is 0 Å². The van der Waals surface area contributed by atoms with Gasteiger partial charge in [0.15, 0.2) is 0 Å². The van der Waals surface area contributed by atoms with Crippen LogP contribution in [0, 0.1) is 5.92 Å². The van der Waals surface area contributed by atoms with Crippen LogP contribution in [-0.4, -0.2) is 75.9 Å². The minimum absolute atomic E-state index is 0.0609. The summed E-state index contributed by atoms with van der Waals surface area (Å²) in [5.74, 6) is 0.161. The second-order valence-corrected chi connectivity index (χ2v) is 10.9. The summed E-state index contributed by atoms with van der Waals surface area (Å²) < 4.78 is 0. The molecule has 9 nitrogen and oxygen atoms in total. The largest absolute Gasteiger partial charge is 0.321 e. The Morgan fingerprint density at radius 3 is 2.47 bits per heavy atom. The highest BCUT2D eigenvalue weighted by molar-refractivity contribution is 5.94. The number of nitrogens with one attached hydrogen (secondary N) is 2. The number of rotatable bonds is 7. The van der Waals surface area contributed by atoms with Crippen molar-refractivity contribution in [3.05, 3.63) is 58.8 Å². The van der Waals surface area contributed by atoms with Crippen molar-refractivity contribution in [3.8, 4) is 0 Å². The molecule has 2 heterocycles. The van der Waals surface area contributed by atoms with E-state index in [0.717, 1.165) is 45.1 Å². The standard InChI is InChI=1S/C27H36N6O3/c1-31(2)27(21-9-4-3-5-10-21)13-11-26(12-14-27)18-32(25(36)33(26)16-20-7-6-8-20)17-23(34)30-22-15-28-19-29-24(22)35/h3-5,9-10,15,19-20H,6-8,11-14,16-18H2,1-2H3,(H,30,34)(H,28,29,35). The molecule has 1 spiro atoms. The lowest BCUT2D eigenvalue weighted by atomic mass is 9.68. The Kier molecular flexibility index (Phi) is 6.59. The number of anilines is 1. The van der Waals surface area contributed by atoms with Crippen LogP contribution in [0.4, 0.5) is 10.5 Å². The van der Waals surface area contributed by atoms with Gasteiger partial charge in [-0.15, -0.1) is 0 Å². The molecule has 2 aromatic rings. The average molecular weight is 493 g/mol. The molecular formula is C27H36N6O3. The molecule has 9 heteroatoms. The summed E-state index contributed by atoms with van der Waals surface area (Å²) in [6.07, 6.45) is 9.81. The molecule has 1 aromatic carbocycles. The molecule has 1 aliphatic heterocycles. The number of hydrogen-bond donors (Lipinski definition) is 2. The van der Waals surface area contributed by atoms with E-state index in [1.54, 1.807) is 4.90 Å². The van der Waals surface area contributed by atoms with Crippen molar-refractivity contribution in [2.24, 2.45) is 5.92 Å². The van der Waals surface area contributed by atoms with Gasteiger partial charge in [0.1, 0.15) is 12.2 Å². The van der Waals surface area contributed by atoms with Crippen molar-refractivity contribution in [1.29, 1.82) is 0 Å². The van der Waals surface area contributed by atoms with E-state index in [4.69, 9.17) is 0 Å². The minimum Gasteiger partial charge on any atom is -0.319 e. The number of nitrogens with zero attached hydrogens (tertiary/aromatic N) is 4. The Hall–Kier alpha value is -3.20. The second-order valence-electron chi connectivity index (χ2n) is 10.9. The van der Waals surface area contributed by atoms with Crippen LogP contribution >= 0.6 is 0 Å². The first-order chi connectivity index (χ1) is 17.3. The fourth-order valence-electron chi connectivity index (χ4n) is 6.31. The summed E-state index contributed by atoms with van der Waals surface area (Å²) in [5, 5.41) is 2.61. The molecule has 0 unspecified atom stereocenters. The van der Waals surface area contributed by atoms with Gasteiger partial charge < -0.3 is 20.1 Å². The molecule has 2 aliphatic carbocycles. The van der Waals surface area contributed by atoms with Crippen LogP contribution in [-0.2, 0) is 10.3 Å². The van der Waals surface area contributed by atoms with Crippen molar-refractivity contribution in [1.82, 2.24) is 24.7 Å². The molecule has 3 amide bonds. The number of benzene rings is 1. The minimum atomic E-state index is -0.414. The molecule has 2 N–H and O–H groups in total. The normalized spacial score (nSPS) is 26.5. The summed E-state index contributed by atoms with van der Waals surface area (Å²) in [6.45, 7) is 1.22. The van der Waals surface area contributed by atoms with Gasteiger partial charge in [0.25, 0.3) is 5.56 Å². The fraction of sp³-hybridized carbons (Fsp3) is 0.556. The smallest absolute Gasteiger partial charge is 0.319 e. The van der Waals surface area contributed by atoms with Crippen LogP contribution in [0.2, 0.25) is 0 Å². The van der Waals surface area contributed by atoms with E-state index < -0.39 is 5.56 Å². The van der Waals surface area contributed by atoms with Crippen LogP contribution in [0.25, 0.3) is 0 Å².